The van der Waals surface area contributed by atoms with E-state index in [1.807, 2.05) is 32.1 Å². The molecule has 0 bridgehead atoms. The van der Waals surface area contributed by atoms with Gasteiger partial charge in [-0.3, -0.25) is 0 Å². The van der Waals surface area contributed by atoms with Gasteiger partial charge in [0.05, 0.1) is 0 Å². The number of hydrogen-bond acceptors (Lipinski definition) is 1. The molecule has 0 radical (unpaired) electrons. The molecule has 0 amide bonds. The lowest BCUT2D eigenvalue weighted by atomic mass is 10.2. The van der Waals surface area contributed by atoms with E-state index < -0.39 is 0 Å². The fourth-order valence-electron chi connectivity index (χ4n) is 0.504. The number of rotatable bonds is 2. The molecule has 1 heteroatoms. The van der Waals surface area contributed by atoms with Gasteiger partial charge in [0, 0.05) is 0 Å². The van der Waals surface area contributed by atoms with Gasteiger partial charge in [-0.1, -0.05) is 36.5 Å². The van der Waals surface area contributed by atoms with Crippen molar-refractivity contribution in [3.63, 3.8) is 0 Å². The molecule has 0 atom stereocenters. The molecule has 0 aromatic heterocycles. The summed E-state index contributed by atoms with van der Waals surface area (Å²) in [5.41, 5.74) is 1.24. The monoisotopic (exact) mass is 166 g/mol. The van der Waals surface area contributed by atoms with Crippen molar-refractivity contribution >= 4 is 5.78 Å². The minimum absolute atomic E-state index is 0.167. The number of Topliss-reactive ketones (excluding diaryl/α,β-unsaturated/α-hetero) is 1. The summed E-state index contributed by atoms with van der Waals surface area (Å²) in [6.07, 6.45) is 7.81. The molecule has 68 valence electrons. The molecule has 0 rings (SSSR count). The first-order valence-corrected chi connectivity index (χ1v) is 3.93. The second-order valence-electron chi connectivity index (χ2n) is 2.55. The van der Waals surface area contributed by atoms with Crippen molar-refractivity contribution in [1.29, 1.82) is 0 Å². The summed E-state index contributed by atoms with van der Waals surface area (Å²) < 4.78 is 0. The highest BCUT2D eigenvalue weighted by Crippen LogP contribution is 1.92. The summed E-state index contributed by atoms with van der Waals surface area (Å²) in [4.78, 5) is 9.44. The van der Waals surface area contributed by atoms with Gasteiger partial charge >= 0.3 is 0 Å². The molecule has 0 N–H and O–H groups in total. The smallest absolute Gasteiger partial charge is 0.126 e. The maximum atomic E-state index is 9.44. The molecule has 0 aliphatic heterocycles. The van der Waals surface area contributed by atoms with Crippen LogP contribution in [0.25, 0.3) is 0 Å². The zero-order chi connectivity index (χ0) is 9.98. The molecule has 12 heavy (non-hydrogen) atoms. The maximum absolute atomic E-state index is 9.44. The van der Waals surface area contributed by atoms with Crippen molar-refractivity contribution < 1.29 is 4.79 Å². The van der Waals surface area contributed by atoms with E-state index in [-0.39, 0.29) is 5.78 Å². The molecule has 0 heterocycles. The fraction of sp³-hybridized carbons (Fsp3) is 0.364. The Balaban J connectivity index is 0. The number of carbonyl (C=O) groups is 1. The summed E-state index contributed by atoms with van der Waals surface area (Å²) in [6.45, 7) is 10.7. The third kappa shape index (κ3) is 23.1. The van der Waals surface area contributed by atoms with E-state index in [9.17, 15) is 4.79 Å². The Labute approximate surface area is 75.5 Å². The molecule has 0 aromatic carbocycles. The molecular formula is C11H18O. The average Bonchev–Trinajstić information content (AvgIpc) is 1.87. The van der Waals surface area contributed by atoms with Crippen molar-refractivity contribution in [3.05, 3.63) is 36.5 Å². The second-order valence-corrected chi connectivity index (χ2v) is 2.55. The quantitative estimate of drug-likeness (QED) is 0.575. The van der Waals surface area contributed by atoms with Crippen LogP contribution < -0.4 is 0 Å². The minimum Gasteiger partial charge on any atom is -0.300 e. The Morgan fingerprint density at radius 3 is 1.92 bits per heavy atom. The van der Waals surface area contributed by atoms with Crippen molar-refractivity contribution in [2.45, 2.75) is 27.7 Å². The van der Waals surface area contributed by atoms with Crippen LogP contribution >= 0.6 is 0 Å². The minimum atomic E-state index is 0.167. The van der Waals surface area contributed by atoms with Crippen LogP contribution in [0.2, 0.25) is 0 Å². The van der Waals surface area contributed by atoms with Crippen LogP contribution in [-0.4, -0.2) is 5.78 Å². The third-order valence-corrected chi connectivity index (χ3v) is 0.810. The standard InChI is InChI=1S/C8H12.C3H6O/c1-4-6-8(3)7-5-2;1-3(2)4/h4-7H,1H2,2-3H3;1-2H3/b7-5-,8-6-;. The lowest BCUT2D eigenvalue weighted by molar-refractivity contribution is -0.114. The summed E-state index contributed by atoms with van der Waals surface area (Å²) >= 11 is 0. The third-order valence-electron chi connectivity index (χ3n) is 0.810. The van der Waals surface area contributed by atoms with E-state index in [1.54, 1.807) is 6.08 Å². The summed E-state index contributed by atoms with van der Waals surface area (Å²) in [6, 6.07) is 0. The Hall–Kier alpha value is -1.11. The highest BCUT2D eigenvalue weighted by atomic mass is 16.1. The predicted molar refractivity (Wildman–Crippen MR) is 55.1 cm³/mol. The van der Waals surface area contributed by atoms with E-state index >= 15 is 0 Å². The number of carbonyl (C=O) groups excluding carboxylic acids is 1. The van der Waals surface area contributed by atoms with Crippen molar-refractivity contribution in [2.75, 3.05) is 0 Å². The van der Waals surface area contributed by atoms with Gasteiger partial charge in [0.2, 0.25) is 0 Å². The van der Waals surface area contributed by atoms with Crippen LogP contribution in [0.15, 0.2) is 36.5 Å². The Bertz CT molecular complexity index is 181. The van der Waals surface area contributed by atoms with E-state index in [0.29, 0.717) is 0 Å². The van der Waals surface area contributed by atoms with Gasteiger partial charge < -0.3 is 4.79 Å². The molecule has 0 aliphatic rings. The summed E-state index contributed by atoms with van der Waals surface area (Å²) in [5, 5.41) is 0. The largest absolute Gasteiger partial charge is 0.300 e. The van der Waals surface area contributed by atoms with Crippen LogP contribution in [-0.2, 0) is 4.79 Å². The van der Waals surface area contributed by atoms with Crippen molar-refractivity contribution in [3.8, 4) is 0 Å². The summed E-state index contributed by atoms with van der Waals surface area (Å²) in [7, 11) is 0. The average molecular weight is 166 g/mol. The van der Waals surface area contributed by atoms with Gasteiger partial charge in [0.15, 0.2) is 0 Å². The second kappa shape index (κ2) is 9.89. The first kappa shape index (κ1) is 13.5. The topological polar surface area (TPSA) is 17.1 Å². The maximum Gasteiger partial charge on any atom is 0.126 e. The molecule has 0 fully saturated rings. The molecule has 0 spiro atoms. The van der Waals surface area contributed by atoms with Crippen molar-refractivity contribution in [2.24, 2.45) is 0 Å². The number of allylic oxidation sites excluding steroid dienone is 5. The van der Waals surface area contributed by atoms with Gasteiger partial charge in [-0.25, -0.2) is 0 Å². The fourth-order valence-corrected chi connectivity index (χ4v) is 0.504. The number of hydrogen-bond donors (Lipinski definition) is 0. The van der Waals surface area contributed by atoms with Crippen LogP contribution in [0, 0.1) is 0 Å². The highest BCUT2D eigenvalue weighted by Gasteiger charge is 1.71. The van der Waals surface area contributed by atoms with Gasteiger partial charge in [0.25, 0.3) is 0 Å². The molecular weight excluding hydrogens is 148 g/mol. The zero-order valence-electron chi connectivity index (χ0n) is 8.42. The molecule has 0 saturated carbocycles. The lowest BCUT2D eigenvalue weighted by Gasteiger charge is -1.82. The normalized spacial score (nSPS) is 10.5. The zero-order valence-corrected chi connectivity index (χ0v) is 8.42. The van der Waals surface area contributed by atoms with E-state index in [4.69, 9.17) is 0 Å². The molecule has 0 saturated heterocycles. The van der Waals surface area contributed by atoms with Gasteiger partial charge in [-0.2, -0.15) is 0 Å². The molecule has 0 aliphatic carbocycles. The van der Waals surface area contributed by atoms with Gasteiger partial charge in [-0.05, 0) is 27.7 Å². The summed E-state index contributed by atoms with van der Waals surface area (Å²) in [5.74, 6) is 0.167. The van der Waals surface area contributed by atoms with E-state index in [1.165, 1.54) is 19.4 Å². The molecule has 1 nitrogen and oxygen atoms in total. The van der Waals surface area contributed by atoms with Crippen LogP contribution in [0.1, 0.15) is 27.7 Å². The van der Waals surface area contributed by atoms with Crippen LogP contribution in [0.5, 0.6) is 0 Å². The molecule has 0 unspecified atom stereocenters. The van der Waals surface area contributed by atoms with Gasteiger partial charge in [-0.15, -0.1) is 0 Å². The lowest BCUT2D eigenvalue weighted by Crippen LogP contribution is -1.69. The van der Waals surface area contributed by atoms with E-state index in [2.05, 4.69) is 6.58 Å². The van der Waals surface area contributed by atoms with Crippen LogP contribution in [0.4, 0.5) is 0 Å². The molecule has 0 aromatic rings. The SMILES string of the molecule is C=C/C=C(C)\C=C/C.CC(C)=O. The first-order valence-electron chi connectivity index (χ1n) is 3.93. The van der Waals surface area contributed by atoms with Crippen molar-refractivity contribution in [1.82, 2.24) is 0 Å². The number of ketones is 1. The predicted octanol–water partition coefficient (Wildman–Crippen LogP) is 3.29. The Morgan fingerprint density at radius 2 is 1.67 bits per heavy atom. The Morgan fingerprint density at radius 1 is 1.25 bits per heavy atom. The van der Waals surface area contributed by atoms with E-state index in [0.717, 1.165) is 0 Å². The first-order chi connectivity index (χ1) is 5.54. The Kier molecular flexibility index (Phi) is 11.1. The highest BCUT2D eigenvalue weighted by molar-refractivity contribution is 5.72. The van der Waals surface area contributed by atoms with Crippen LogP contribution in [0.3, 0.4) is 0 Å². The van der Waals surface area contributed by atoms with Gasteiger partial charge in [0.1, 0.15) is 5.78 Å².